The van der Waals surface area contributed by atoms with Crippen LogP contribution < -0.4 is 10.6 Å². The van der Waals surface area contributed by atoms with Gasteiger partial charge in [-0.25, -0.2) is 4.79 Å². The second-order valence-corrected chi connectivity index (χ2v) is 6.95. The lowest BCUT2D eigenvalue weighted by Gasteiger charge is -2.10. The Balaban J connectivity index is 1.53. The Morgan fingerprint density at radius 3 is 2.43 bits per heavy atom. The van der Waals surface area contributed by atoms with Crippen molar-refractivity contribution in [2.75, 3.05) is 10.6 Å². The van der Waals surface area contributed by atoms with Crippen molar-refractivity contribution in [3.05, 3.63) is 77.7 Å². The maximum atomic E-state index is 12.6. The van der Waals surface area contributed by atoms with Crippen LogP contribution in [0.15, 0.2) is 67.1 Å². The molecule has 0 unspecified atom stereocenters. The van der Waals surface area contributed by atoms with E-state index in [-0.39, 0.29) is 5.69 Å². The normalized spacial score (nSPS) is 11.5. The van der Waals surface area contributed by atoms with Crippen molar-refractivity contribution < 1.29 is 18.0 Å². The first-order chi connectivity index (χ1) is 14.3. The number of urea groups is 1. The van der Waals surface area contributed by atoms with Gasteiger partial charge in [0.25, 0.3) is 0 Å². The van der Waals surface area contributed by atoms with Crippen LogP contribution in [0.25, 0.3) is 22.0 Å². The van der Waals surface area contributed by atoms with Gasteiger partial charge in [0.1, 0.15) is 0 Å². The van der Waals surface area contributed by atoms with Crippen LogP contribution in [0.4, 0.5) is 29.3 Å². The van der Waals surface area contributed by atoms with E-state index < -0.39 is 17.8 Å². The molecule has 0 atom stereocenters. The molecule has 4 rings (SSSR count). The molecule has 0 radical (unpaired) electrons. The van der Waals surface area contributed by atoms with Gasteiger partial charge in [-0.1, -0.05) is 17.7 Å². The number of nitrogens with zero attached hydrogens (tertiary/aromatic N) is 1. The number of benzene rings is 2. The Kier molecular flexibility index (Phi) is 5.09. The molecule has 0 saturated heterocycles. The summed E-state index contributed by atoms with van der Waals surface area (Å²) in [5.74, 6) is 0. The van der Waals surface area contributed by atoms with Gasteiger partial charge in [-0.2, -0.15) is 13.2 Å². The van der Waals surface area contributed by atoms with Crippen molar-refractivity contribution in [1.82, 2.24) is 9.97 Å². The fourth-order valence-electron chi connectivity index (χ4n) is 3.00. The highest BCUT2D eigenvalue weighted by atomic mass is 35.5. The summed E-state index contributed by atoms with van der Waals surface area (Å²) >= 11 is 6.01. The Labute approximate surface area is 173 Å². The van der Waals surface area contributed by atoms with Gasteiger partial charge in [-0.15, -0.1) is 0 Å². The third-order valence-electron chi connectivity index (χ3n) is 4.44. The van der Waals surface area contributed by atoms with E-state index in [0.29, 0.717) is 10.7 Å². The molecular weight excluding hydrogens is 417 g/mol. The van der Waals surface area contributed by atoms with E-state index in [9.17, 15) is 18.0 Å². The number of carbonyl (C=O) groups excluding carboxylic acids is 1. The maximum Gasteiger partial charge on any atom is 0.416 e. The van der Waals surface area contributed by atoms with Gasteiger partial charge < -0.3 is 15.6 Å². The molecule has 2 heterocycles. The van der Waals surface area contributed by atoms with E-state index in [1.165, 1.54) is 12.1 Å². The van der Waals surface area contributed by atoms with E-state index >= 15 is 0 Å². The number of aromatic amines is 1. The van der Waals surface area contributed by atoms with Gasteiger partial charge in [0.2, 0.25) is 0 Å². The highest BCUT2D eigenvalue weighted by molar-refractivity contribution is 6.30. The van der Waals surface area contributed by atoms with Gasteiger partial charge in [-0.3, -0.25) is 4.98 Å². The number of rotatable bonds is 3. The summed E-state index contributed by atoms with van der Waals surface area (Å²) in [6.07, 6.45) is 0.431. The van der Waals surface area contributed by atoms with Crippen LogP contribution in [-0.4, -0.2) is 16.0 Å². The van der Waals surface area contributed by atoms with Crippen molar-refractivity contribution in [2.24, 2.45) is 0 Å². The second kappa shape index (κ2) is 7.72. The zero-order chi connectivity index (χ0) is 21.3. The highest BCUT2D eigenvalue weighted by Crippen LogP contribution is 2.31. The number of anilines is 2. The molecule has 0 aliphatic rings. The molecule has 0 spiro atoms. The summed E-state index contributed by atoms with van der Waals surface area (Å²) in [4.78, 5) is 19.5. The first-order valence-electron chi connectivity index (χ1n) is 8.77. The third kappa shape index (κ3) is 4.23. The standard InChI is InChI=1S/C21H14ClF3N4O/c22-15-7-13(9-26-10-15)12-1-6-18-17(8-12)19(11-27-18)29-20(30)28-16-4-2-14(3-5-16)21(23,24)25/h1-11,27H,(H2,28,29,30). The van der Waals surface area contributed by atoms with Crippen LogP contribution in [0.3, 0.4) is 0 Å². The fraction of sp³-hybridized carbons (Fsp3) is 0.0476. The molecule has 0 fully saturated rings. The minimum atomic E-state index is -4.43. The number of nitrogens with one attached hydrogen (secondary N) is 3. The molecule has 30 heavy (non-hydrogen) atoms. The quantitative estimate of drug-likeness (QED) is 0.345. The van der Waals surface area contributed by atoms with Gasteiger partial charge >= 0.3 is 12.2 Å². The predicted octanol–water partition coefficient (Wildman–Crippen LogP) is 6.55. The molecule has 0 aliphatic heterocycles. The van der Waals surface area contributed by atoms with Crippen molar-refractivity contribution in [3.63, 3.8) is 0 Å². The van der Waals surface area contributed by atoms with E-state index in [4.69, 9.17) is 11.6 Å². The Morgan fingerprint density at radius 1 is 0.967 bits per heavy atom. The van der Waals surface area contributed by atoms with Crippen LogP contribution in [0.1, 0.15) is 5.56 Å². The van der Waals surface area contributed by atoms with Gasteiger partial charge in [0.05, 0.1) is 16.3 Å². The summed E-state index contributed by atoms with van der Waals surface area (Å²) in [6, 6.07) is 11.1. The zero-order valence-electron chi connectivity index (χ0n) is 15.2. The Hall–Kier alpha value is -3.52. The van der Waals surface area contributed by atoms with Crippen molar-refractivity contribution in [3.8, 4) is 11.1 Å². The average molecular weight is 431 g/mol. The number of hydrogen-bond acceptors (Lipinski definition) is 2. The van der Waals surface area contributed by atoms with E-state index in [1.54, 1.807) is 24.7 Å². The van der Waals surface area contributed by atoms with Gasteiger partial charge in [0.15, 0.2) is 0 Å². The molecule has 5 nitrogen and oxygen atoms in total. The molecule has 2 amide bonds. The maximum absolute atomic E-state index is 12.6. The summed E-state index contributed by atoms with van der Waals surface area (Å²) in [7, 11) is 0. The summed E-state index contributed by atoms with van der Waals surface area (Å²) in [5, 5.41) is 6.49. The summed E-state index contributed by atoms with van der Waals surface area (Å²) in [5.41, 5.74) is 2.47. The molecule has 0 bridgehead atoms. The second-order valence-electron chi connectivity index (χ2n) is 6.51. The van der Waals surface area contributed by atoms with Crippen molar-refractivity contribution in [2.45, 2.75) is 6.18 Å². The molecule has 2 aromatic heterocycles. The smallest absolute Gasteiger partial charge is 0.359 e. The largest absolute Gasteiger partial charge is 0.416 e. The monoisotopic (exact) mass is 430 g/mol. The number of H-pyrrole nitrogens is 1. The zero-order valence-corrected chi connectivity index (χ0v) is 16.0. The molecule has 4 aromatic rings. The summed E-state index contributed by atoms with van der Waals surface area (Å²) in [6.45, 7) is 0. The molecule has 152 valence electrons. The predicted molar refractivity (Wildman–Crippen MR) is 111 cm³/mol. The summed E-state index contributed by atoms with van der Waals surface area (Å²) < 4.78 is 37.9. The van der Waals surface area contributed by atoms with E-state index in [1.807, 2.05) is 18.2 Å². The number of amides is 2. The minimum Gasteiger partial charge on any atom is -0.359 e. The lowest BCUT2D eigenvalue weighted by molar-refractivity contribution is -0.137. The van der Waals surface area contributed by atoms with Gasteiger partial charge in [0, 0.05) is 40.7 Å². The minimum absolute atomic E-state index is 0.242. The van der Waals surface area contributed by atoms with Crippen molar-refractivity contribution >= 4 is 39.9 Å². The lowest BCUT2D eigenvalue weighted by atomic mass is 10.1. The van der Waals surface area contributed by atoms with E-state index in [0.717, 1.165) is 34.2 Å². The number of aromatic nitrogens is 2. The molecule has 2 aromatic carbocycles. The lowest BCUT2D eigenvalue weighted by Crippen LogP contribution is -2.19. The third-order valence-corrected chi connectivity index (χ3v) is 4.64. The Bertz CT molecular complexity index is 1220. The first kappa shape index (κ1) is 19.8. The van der Waals surface area contributed by atoms with Crippen LogP contribution in [-0.2, 0) is 6.18 Å². The van der Waals surface area contributed by atoms with Crippen molar-refractivity contribution in [1.29, 1.82) is 0 Å². The van der Waals surface area contributed by atoms with Gasteiger partial charge in [-0.05, 0) is 48.0 Å². The number of carbonyl (C=O) groups is 1. The molecular formula is C21H14ClF3N4O. The first-order valence-corrected chi connectivity index (χ1v) is 9.15. The van der Waals surface area contributed by atoms with E-state index in [2.05, 4.69) is 20.6 Å². The van der Waals surface area contributed by atoms with Crippen LogP contribution in [0, 0.1) is 0 Å². The number of hydrogen-bond donors (Lipinski definition) is 3. The molecule has 9 heteroatoms. The molecule has 0 saturated carbocycles. The Morgan fingerprint density at radius 2 is 1.73 bits per heavy atom. The van der Waals surface area contributed by atoms with Crippen LogP contribution in [0.5, 0.6) is 0 Å². The topological polar surface area (TPSA) is 69.8 Å². The van der Waals surface area contributed by atoms with Crippen LogP contribution in [0.2, 0.25) is 5.02 Å². The SMILES string of the molecule is O=C(Nc1ccc(C(F)(F)F)cc1)Nc1c[nH]c2ccc(-c3cncc(Cl)c3)cc12. The number of pyridine rings is 1. The molecule has 0 aliphatic carbocycles. The fourth-order valence-corrected chi connectivity index (χ4v) is 3.17. The average Bonchev–Trinajstić information content (AvgIpc) is 3.09. The number of alkyl halides is 3. The highest BCUT2D eigenvalue weighted by Gasteiger charge is 2.30. The number of fused-ring (bicyclic) bond motifs is 1. The number of halogens is 4. The molecule has 3 N–H and O–H groups in total. The van der Waals surface area contributed by atoms with Crippen LogP contribution >= 0.6 is 11.6 Å².